The largest absolute Gasteiger partial charge is 0.330 e. The number of hydrogen-bond donors (Lipinski definition) is 2. The molecule has 1 fully saturated rings. The summed E-state index contributed by atoms with van der Waals surface area (Å²) in [5, 5.41) is 2.87. The van der Waals surface area contributed by atoms with Crippen LogP contribution in [0, 0.1) is 6.92 Å². The van der Waals surface area contributed by atoms with Gasteiger partial charge in [0, 0.05) is 12.7 Å². The fourth-order valence-electron chi connectivity index (χ4n) is 4.73. The molecule has 1 saturated heterocycles. The van der Waals surface area contributed by atoms with Crippen molar-refractivity contribution in [2.45, 2.75) is 25.8 Å². The molecule has 35 heavy (non-hydrogen) atoms. The number of benzene rings is 1. The number of amidine groups is 1. The number of carbonyl (C=O) groups is 2. The van der Waals surface area contributed by atoms with Crippen molar-refractivity contribution in [3.05, 3.63) is 95.7 Å². The Morgan fingerprint density at radius 3 is 2.91 bits per heavy atom. The molecule has 3 N–H and O–H groups in total. The van der Waals surface area contributed by atoms with Crippen LogP contribution in [0.1, 0.15) is 34.3 Å². The van der Waals surface area contributed by atoms with E-state index in [-0.39, 0.29) is 22.4 Å². The van der Waals surface area contributed by atoms with Gasteiger partial charge < -0.3 is 10.2 Å². The number of anilines is 1. The van der Waals surface area contributed by atoms with E-state index in [0.29, 0.717) is 40.7 Å². The predicted octanol–water partition coefficient (Wildman–Crippen LogP) is 3.04. The van der Waals surface area contributed by atoms with Gasteiger partial charge in [0.15, 0.2) is 0 Å². The normalized spacial score (nSPS) is 22.7. The molecular weight excluding hydrogens is 442 g/mol. The number of carbonyl (C=O) groups excluding carboxylic acids is 2. The Morgan fingerprint density at radius 2 is 2.11 bits per heavy atom. The van der Waals surface area contributed by atoms with Crippen LogP contribution in [0.15, 0.2) is 89.0 Å². The summed E-state index contributed by atoms with van der Waals surface area (Å²) in [6.07, 6.45) is 9.60. The van der Waals surface area contributed by atoms with Crippen molar-refractivity contribution in [3.63, 3.8) is 0 Å². The van der Waals surface area contributed by atoms with Crippen LogP contribution in [0.3, 0.4) is 0 Å². The van der Waals surface area contributed by atoms with Crippen molar-refractivity contribution in [2.24, 2.45) is 15.8 Å². The number of rotatable bonds is 5. The molecule has 0 spiro atoms. The molecular formula is C26H26N7O2+. The number of aryl methyl sites for hydroxylation is 1. The third kappa shape index (κ3) is 3.90. The molecule has 4 heterocycles. The van der Waals surface area contributed by atoms with Gasteiger partial charge in [0.05, 0.1) is 29.6 Å². The second-order valence-corrected chi connectivity index (χ2v) is 8.67. The quantitative estimate of drug-likeness (QED) is 0.399. The van der Waals surface area contributed by atoms with Gasteiger partial charge in [0.2, 0.25) is 11.6 Å². The van der Waals surface area contributed by atoms with Gasteiger partial charge >= 0.3 is 0 Å². The van der Waals surface area contributed by atoms with Crippen LogP contribution in [0.25, 0.3) is 0 Å². The van der Waals surface area contributed by atoms with Gasteiger partial charge in [-0.25, -0.2) is 4.98 Å². The molecule has 2 amide bonds. The molecule has 176 valence electrons. The number of nitrogens with one attached hydrogen (secondary N) is 1. The minimum atomic E-state index is -0.318. The number of aromatic nitrogens is 1. The Kier molecular flexibility index (Phi) is 5.72. The maximum absolute atomic E-state index is 13.3. The molecule has 3 aliphatic heterocycles. The van der Waals surface area contributed by atoms with Crippen molar-refractivity contribution in [1.82, 2.24) is 9.88 Å². The van der Waals surface area contributed by atoms with Gasteiger partial charge in [0.25, 0.3) is 11.7 Å². The molecule has 1 aromatic heterocycles. The molecule has 0 aliphatic carbocycles. The van der Waals surface area contributed by atoms with E-state index in [2.05, 4.69) is 21.9 Å². The highest BCUT2D eigenvalue weighted by molar-refractivity contribution is 6.13. The van der Waals surface area contributed by atoms with E-state index in [1.54, 1.807) is 47.9 Å². The molecule has 2 unspecified atom stereocenters. The lowest BCUT2D eigenvalue weighted by atomic mass is 10.0. The van der Waals surface area contributed by atoms with E-state index < -0.39 is 0 Å². The Balaban J connectivity index is 1.57. The fourth-order valence-corrected chi connectivity index (χ4v) is 4.73. The standard InChI is InChI=1S/C26H25N7O2/c1-3-23(34)32-13-6-9-20(32)24-21-16-28-12-14-33(21,27)25(31-24)18-7-4-5-8-19(18)26(35)30-22-15-17(2)10-11-29-22/h3-5,7-8,10-12,14-16,20H,1,6,9,13,27H2,2H3/p+1. The minimum absolute atomic E-state index is 0.145. The molecule has 1 aromatic carbocycles. The topological polar surface area (TPSA) is 113 Å². The smallest absolute Gasteiger partial charge is 0.265 e. The summed E-state index contributed by atoms with van der Waals surface area (Å²) in [5.74, 6) is 7.38. The van der Waals surface area contributed by atoms with E-state index in [1.807, 2.05) is 25.1 Å². The highest BCUT2D eigenvalue weighted by atomic mass is 16.2. The summed E-state index contributed by atoms with van der Waals surface area (Å²) in [7, 11) is 0. The van der Waals surface area contributed by atoms with Crippen molar-refractivity contribution < 1.29 is 14.2 Å². The van der Waals surface area contributed by atoms with Gasteiger partial charge in [-0.15, -0.1) is 4.59 Å². The van der Waals surface area contributed by atoms with Gasteiger partial charge in [-0.2, -0.15) is 10.8 Å². The minimum Gasteiger partial charge on any atom is -0.330 e. The maximum Gasteiger partial charge on any atom is 0.265 e. The molecule has 5 rings (SSSR count). The van der Waals surface area contributed by atoms with E-state index in [0.717, 1.165) is 18.4 Å². The number of hydrogen-bond acceptors (Lipinski definition) is 6. The second-order valence-electron chi connectivity index (χ2n) is 8.67. The Labute approximate surface area is 203 Å². The first-order valence-electron chi connectivity index (χ1n) is 11.4. The van der Waals surface area contributed by atoms with E-state index in [1.165, 1.54) is 6.08 Å². The number of pyridine rings is 1. The van der Waals surface area contributed by atoms with Crippen LogP contribution in [0.4, 0.5) is 5.82 Å². The summed E-state index contributed by atoms with van der Waals surface area (Å²) in [6.45, 7) is 6.19. The number of quaternary nitrogens is 1. The Morgan fingerprint density at radius 1 is 1.29 bits per heavy atom. The number of fused-ring (bicyclic) bond motifs is 1. The molecule has 2 atom stereocenters. The number of aliphatic imine (C=N–C) groups is 2. The number of allylic oxidation sites excluding steroid dienone is 1. The zero-order valence-corrected chi connectivity index (χ0v) is 19.4. The van der Waals surface area contributed by atoms with Gasteiger partial charge in [-0.3, -0.25) is 14.6 Å². The molecule has 0 bridgehead atoms. The average Bonchev–Trinajstić information content (AvgIpc) is 3.46. The van der Waals surface area contributed by atoms with E-state index in [4.69, 9.17) is 10.8 Å². The average molecular weight is 469 g/mol. The third-order valence-electron chi connectivity index (χ3n) is 6.42. The molecule has 3 aliphatic rings. The first kappa shape index (κ1) is 22.6. The van der Waals surface area contributed by atoms with Crippen molar-refractivity contribution in [1.29, 1.82) is 0 Å². The summed E-state index contributed by atoms with van der Waals surface area (Å²) in [6, 6.07) is 10.6. The monoisotopic (exact) mass is 468 g/mol. The molecule has 0 saturated carbocycles. The highest BCUT2D eigenvalue weighted by Gasteiger charge is 2.48. The van der Waals surface area contributed by atoms with Crippen molar-refractivity contribution >= 4 is 29.7 Å². The fraction of sp³-hybridized carbons (Fsp3) is 0.192. The zero-order valence-electron chi connectivity index (χ0n) is 19.4. The summed E-state index contributed by atoms with van der Waals surface area (Å²) in [4.78, 5) is 41.1. The number of likely N-dealkylation sites (tertiary alicyclic amines) is 1. The van der Waals surface area contributed by atoms with Crippen LogP contribution < -0.4 is 11.2 Å². The molecule has 0 radical (unpaired) electrons. The second kappa shape index (κ2) is 8.86. The van der Waals surface area contributed by atoms with Crippen molar-refractivity contribution in [3.8, 4) is 0 Å². The first-order valence-corrected chi connectivity index (χ1v) is 11.4. The molecule has 9 nitrogen and oxygen atoms in total. The predicted molar refractivity (Wildman–Crippen MR) is 134 cm³/mol. The van der Waals surface area contributed by atoms with E-state index in [9.17, 15) is 9.59 Å². The number of nitrogens with zero attached hydrogens (tertiary/aromatic N) is 5. The SMILES string of the molecule is C=CC(=O)N1CCCC1C1=C2C=NC=C[N+]2(N)C(c2ccccc2C(=O)Nc2cc(C)ccn2)=N1. The number of amides is 2. The lowest BCUT2D eigenvalue weighted by Crippen LogP contribution is -2.53. The van der Waals surface area contributed by atoms with Gasteiger partial charge in [0.1, 0.15) is 17.7 Å². The Hall–Kier alpha value is -4.21. The maximum atomic E-state index is 13.3. The Bertz CT molecular complexity index is 1360. The summed E-state index contributed by atoms with van der Waals surface area (Å²) < 4.78 is -0.238. The first-order chi connectivity index (χ1) is 16.9. The third-order valence-corrected chi connectivity index (χ3v) is 6.42. The molecule has 2 aromatic rings. The summed E-state index contributed by atoms with van der Waals surface area (Å²) >= 11 is 0. The van der Waals surface area contributed by atoms with Crippen LogP contribution in [0.5, 0.6) is 0 Å². The lowest BCUT2D eigenvalue weighted by molar-refractivity contribution is -0.750. The zero-order chi connectivity index (χ0) is 24.6. The van der Waals surface area contributed by atoms with E-state index >= 15 is 0 Å². The van der Waals surface area contributed by atoms with Gasteiger partial charge in [-0.05, 0) is 55.7 Å². The van der Waals surface area contributed by atoms with Crippen molar-refractivity contribution in [2.75, 3.05) is 11.9 Å². The van der Waals surface area contributed by atoms with Crippen LogP contribution >= 0.6 is 0 Å². The van der Waals surface area contributed by atoms with Crippen LogP contribution in [-0.4, -0.2) is 50.9 Å². The highest BCUT2D eigenvalue weighted by Crippen LogP contribution is 2.37. The van der Waals surface area contributed by atoms with Crippen LogP contribution in [-0.2, 0) is 4.79 Å². The lowest BCUT2D eigenvalue weighted by Gasteiger charge is -2.28. The van der Waals surface area contributed by atoms with Gasteiger partial charge in [-0.1, -0.05) is 18.7 Å². The van der Waals surface area contributed by atoms with Crippen LogP contribution in [0.2, 0.25) is 0 Å². The summed E-state index contributed by atoms with van der Waals surface area (Å²) in [5.41, 5.74) is 3.35. The number of nitrogens with two attached hydrogens (primary N) is 1. The molecule has 9 heteroatoms.